The molecule has 2 amide bonds. The second-order valence-electron chi connectivity index (χ2n) is 7.33. The molecule has 3 heterocycles. The van der Waals surface area contributed by atoms with Crippen molar-refractivity contribution in [2.75, 3.05) is 26.2 Å². The Balaban J connectivity index is 1.58. The number of carboxylic acid groups (broad SMARTS) is 1. The highest BCUT2D eigenvalue weighted by Gasteiger charge is 2.32. The monoisotopic (exact) mass is 359 g/mol. The number of piperidine rings is 2. The fourth-order valence-electron chi connectivity index (χ4n) is 3.84. The van der Waals surface area contributed by atoms with Crippen LogP contribution in [0.3, 0.4) is 0 Å². The molecule has 0 bridgehead atoms. The Morgan fingerprint density at radius 2 is 1.85 bits per heavy atom. The van der Waals surface area contributed by atoms with Gasteiger partial charge in [-0.15, -0.1) is 0 Å². The average molecular weight is 359 g/mol. The van der Waals surface area contributed by atoms with Gasteiger partial charge in [0.05, 0.1) is 0 Å². The first kappa shape index (κ1) is 18.4. The highest BCUT2D eigenvalue weighted by molar-refractivity contribution is 5.96. The quantitative estimate of drug-likeness (QED) is 0.890. The van der Waals surface area contributed by atoms with Crippen molar-refractivity contribution in [1.29, 1.82) is 0 Å². The highest BCUT2D eigenvalue weighted by atomic mass is 16.4. The normalized spacial score (nSPS) is 21.5. The highest BCUT2D eigenvalue weighted by Crippen LogP contribution is 2.24. The van der Waals surface area contributed by atoms with Crippen molar-refractivity contribution >= 4 is 17.8 Å². The summed E-state index contributed by atoms with van der Waals surface area (Å²) in [5.41, 5.74) is 0.187. The van der Waals surface area contributed by atoms with E-state index in [1.54, 1.807) is 4.90 Å². The largest absolute Gasteiger partial charge is 0.477 e. The van der Waals surface area contributed by atoms with E-state index >= 15 is 0 Å². The third kappa shape index (κ3) is 4.03. The fourth-order valence-corrected chi connectivity index (χ4v) is 3.84. The van der Waals surface area contributed by atoms with Crippen molar-refractivity contribution in [3.05, 3.63) is 29.6 Å². The van der Waals surface area contributed by atoms with Gasteiger partial charge in [0.15, 0.2) is 0 Å². The van der Waals surface area contributed by atoms with Crippen LogP contribution in [0.4, 0.5) is 0 Å². The zero-order valence-corrected chi connectivity index (χ0v) is 15.1. The lowest BCUT2D eigenvalue weighted by molar-refractivity contribution is -0.138. The minimum absolute atomic E-state index is 0.0172. The third-order valence-corrected chi connectivity index (χ3v) is 5.33. The number of aromatic nitrogens is 1. The molecule has 2 aliphatic heterocycles. The number of hydrogen-bond donors (Lipinski definition) is 1. The maximum absolute atomic E-state index is 12.7. The molecule has 2 fully saturated rings. The van der Waals surface area contributed by atoms with Gasteiger partial charge in [0.1, 0.15) is 5.69 Å². The second kappa shape index (κ2) is 7.85. The molecule has 1 atom stereocenters. The molecule has 0 saturated carbocycles. The van der Waals surface area contributed by atoms with Crippen molar-refractivity contribution in [3.63, 3.8) is 0 Å². The van der Waals surface area contributed by atoms with Gasteiger partial charge in [0, 0.05) is 43.9 Å². The number of carbonyl (C=O) groups excluding carboxylic acids is 2. The Morgan fingerprint density at radius 3 is 2.50 bits per heavy atom. The number of rotatable bonds is 3. The van der Waals surface area contributed by atoms with E-state index in [1.165, 1.54) is 24.8 Å². The van der Waals surface area contributed by atoms with E-state index in [-0.39, 0.29) is 23.4 Å². The fraction of sp³-hybridized carbons (Fsp3) is 0.579. The molecule has 1 unspecified atom stereocenters. The van der Waals surface area contributed by atoms with Crippen LogP contribution in [0.15, 0.2) is 18.3 Å². The minimum atomic E-state index is -1.15. The van der Waals surface area contributed by atoms with Gasteiger partial charge < -0.3 is 14.9 Å². The SMILES string of the molecule is CC1CCCN(C(=O)C2CCN(C(=O)c3ccnc(C(=O)O)c3)CC2)C1. The molecule has 26 heavy (non-hydrogen) atoms. The average Bonchev–Trinajstić information content (AvgIpc) is 2.67. The molecule has 0 spiro atoms. The molecule has 7 nitrogen and oxygen atoms in total. The summed E-state index contributed by atoms with van der Waals surface area (Å²) < 4.78 is 0. The van der Waals surface area contributed by atoms with E-state index in [0.717, 1.165) is 19.5 Å². The van der Waals surface area contributed by atoms with Gasteiger partial charge >= 0.3 is 5.97 Å². The van der Waals surface area contributed by atoms with E-state index in [1.807, 2.05) is 4.90 Å². The smallest absolute Gasteiger partial charge is 0.354 e. The first-order chi connectivity index (χ1) is 12.5. The van der Waals surface area contributed by atoms with Gasteiger partial charge in [-0.05, 0) is 43.7 Å². The Hall–Kier alpha value is -2.44. The van der Waals surface area contributed by atoms with E-state index in [4.69, 9.17) is 5.11 Å². The predicted octanol–water partition coefficient (Wildman–Crippen LogP) is 1.89. The van der Waals surface area contributed by atoms with Crippen LogP contribution in [0.25, 0.3) is 0 Å². The van der Waals surface area contributed by atoms with Crippen LogP contribution in [0, 0.1) is 11.8 Å². The van der Waals surface area contributed by atoms with Crippen molar-refractivity contribution in [2.24, 2.45) is 11.8 Å². The van der Waals surface area contributed by atoms with Crippen LogP contribution in [0.5, 0.6) is 0 Å². The Bertz CT molecular complexity index is 698. The summed E-state index contributed by atoms with van der Waals surface area (Å²) in [7, 11) is 0. The Kier molecular flexibility index (Phi) is 5.54. The number of pyridine rings is 1. The van der Waals surface area contributed by atoms with Gasteiger partial charge in [-0.1, -0.05) is 6.92 Å². The number of aromatic carboxylic acids is 1. The number of carboxylic acids is 1. The Morgan fingerprint density at radius 1 is 1.12 bits per heavy atom. The molecule has 2 saturated heterocycles. The van der Waals surface area contributed by atoms with Crippen LogP contribution in [-0.2, 0) is 4.79 Å². The van der Waals surface area contributed by atoms with E-state index in [0.29, 0.717) is 37.4 Å². The summed E-state index contributed by atoms with van der Waals surface area (Å²) in [5, 5.41) is 9.01. The summed E-state index contributed by atoms with van der Waals surface area (Å²) in [6.45, 7) is 4.90. The summed E-state index contributed by atoms with van der Waals surface area (Å²) in [6.07, 6.45) is 4.91. The van der Waals surface area contributed by atoms with Gasteiger partial charge in [0.2, 0.25) is 5.91 Å². The number of likely N-dealkylation sites (tertiary alicyclic amines) is 2. The van der Waals surface area contributed by atoms with Crippen LogP contribution in [0.1, 0.15) is 53.5 Å². The summed E-state index contributed by atoms with van der Waals surface area (Å²) in [6, 6.07) is 2.83. The molecule has 3 rings (SSSR count). The van der Waals surface area contributed by atoms with Crippen LogP contribution >= 0.6 is 0 Å². The molecule has 7 heteroatoms. The predicted molar refractivity (Wildman–Crippen MR) is 94.8 cm³/mol. The van der Waals surface area contributed by atoms with Crippen molar-refractivity contribution in [3.8, 4) is 0 Å². The number of hydrogen-bond acceptors (Lipinski definition) is 4. The number of amides is 2. The summed E-state index contributed by atoms with van der Waals surface area (Å²) in [4.78, 5) is 43.8. The van der Waals surface area contributed by atoms with E-state index in [2.05, 4.69) is 11.9 Å². The van der Waals surface area contributed by atoms with E-state index < -0.39 is 5.97 Å². The third-order valence-electron chi connectivity index (χ3n) is 5.33. The van der Waals surface area contributed by atoms with E-state index in [9.17, 15) is 14.4 Å². The lowest BCUT2D eigenvalue weighted by Gasteiger charge is -2.37. The summed E-state index contributed by atoms with van der Waals surface area (Å²) in [5.74, 6) is -0.589. The maximum Gasteiger partial charge on any atom is 0.354 e. The van der Waals surface area contributed by atoms with Crippen molar-refractivity contribution in [2.45, 2.75) is 32.6 Å². The molecule has 1 N–H and O–H groups in total. The standard InChI is InChI=1S/C19H25N3O4/c1-13-3-2-8-22(12-13)17(23)14-5-9-21(10-6-14)18(24)15-4-7-20-16(11-15)19(25)26/h4,7,11,13-14H,2-3,5-6,8-10,12H2,1H3,(H,25,26). The lowest BCUT2D eigenvalue weighted by Crippen LogP contribution is -2.47. The molecule has 0 aliphatic carbocycles. The first-order valence-corrected chi connectivity index (χ1v) is 9.23. The number of carbonyl (C=O) groups is 3. The molecular formula is C19H25N3O4. The number of nitrogens with zero attached hydrogens (tertiary/aromatic N) is 3. The molecule has 2 aliphatic rings. The van der Waals surface area contributed by atoms with Crippen LogP contribution < -0.4 is 0 Å². The molecule has 140 valence electrons. The maximum atomic E-state index is 12.7. The first-order valence-electron chi connectivity index (χ1n) is 9.23. The molecular weight excluding hydrogens is 334 g/mol. The minimum Gasteiger partial charge on any atom is -0.477 e. The van der Waals surface area contributed by atoms with Gasteiger partial charge in [0.25, 0.3) is 5.91 Å². The molecule has 0 radical (unpaired) electrons. The van der Waals surface area contributed by atoms with Gasteiger partial charge in [-0.2, -0.15) is 0 Å². The lowest BCUT2D eigenvalue weighted by atomic mass is 9.92. The zero-order valence-electron chi connectivity index (χ0n) is 15.1. The van der Waals surface area contributed by atoms with Crippen molar-refractivity contribution in [1.82, 2.24) is 14.8 Å². The van der Waals surface area contributed by atoms with Crippen LogP contribution in [0.2, 0.25) is 0 Å². The van der Waals surface area contributed by atoms with Gasteiger partial charge in [-0.3, -0.25) is 9.59 Å². The summed E-state index contributed by atoms with van der Waals surface area (Å²) >= 11 is 0. The molecule has 1 aromatic heterocycles. The van der Waals surface area contributed by atoms with Gasteiger partial charge in [-0.25, -0.2) is 9.78 Å². The zero-order chi connectivity index (χ0) is 18.7. The Labute approximate surface area is 153 Å². The molecule has 0 aromatic carbocycles. The molecule has 1 aromatic rings. The second-order valence-corrected chi connectivity index (χ2v) is 7.33. The van der Waals surface area contributed by atoms with Crippen LogP contribution in [-0.4, -0.2) is 63.9 Å². The van der Waals surface area contributed by atoms with Crippen molar-refractivity contribution < 1.29 is 19.5 Å². The topological polar surface area (TPSA) is 90.8 Å².